The molecular formula is C24H24N2+2. The molecular weight excluding hydrogens is 316 g/mol. The van der Waals surface area contributed by atoms with E-state index in [1.807, 2.05) is 0 Å². The molecule has 4 aromatic rings. The summed E-state index contributed by atoms with van der Waals surface area (Å²) in [5.41, 5.74) is 7.65. The van der Waals surface area contributed by atoms with Gasteiger partial charge in [-0.15, -0.1) is 0 Å². The molecule has 0 saturated carbocycles. The van der Waals surface area contributed by atoms with Crippen LogP contribution in [0.5, 0.6) is 0 Å². The Bertz CT molecular complexity index is 1130. The fourth-order valence-corrected chi connectivity index (χ4v) is 3.76. The van der Waals surface area contributed by atoms with Gasteiger partial charge in [-0.3, -0.25) is 0 Å². The molecule has 26 heavy (non-hydrogen) atoms. The molecule has 0 aliphatic heterocycles. The predicted octanol–water partition coefficient (Wildman–Crippen LogP) is 4.44. The second kappa shape index (κ2) is 6.38. The van der Waals surface area contributed by atoms with Gasteiger partial charge in [-0.25, -0.2) is 9.13 Å². The molecule has 0 saturated heterocycles. The lowest BCUT2D eigenvalue weighted by molar-refractivity contribution is -0.660. The van der Waals surface area contributed by atoms with Crippen molar-refractivity contribution >= 4 is 10.8 Å². The van der Waals surface area contributed by atoms with Crippen molar-refractivity contribution in [3.8, 4) is 22.5 Å². The van der Waals surface area contributed by atoms with Crippen LogP contribution < -0.4 is 9.13 Å². The summed E-state index contributed by atoms with van der Waals surface area (Å²) >= 11 is 0. The standard InChI is InChI=1S/C24H24N2/c1-17-12-14-25(3)23(16-17)20-10-7-11-21(18(20)2)24-22-9-6-5-8-19(22)13-15-26(24)4/h5-16H,1-4H3/q+2. The summed E-state index contributed by atoms with van der Waals surface area (Å²) in [5.74, 6) is 0. The van der Waals surface area contributed by atoms with Crippen LogP contribution in [0.25, 0.3) is 33.3 Å². The monoisotopic (exact) mass is 340 g/mol. The molecule has 0 atom stereocenters. The summed E-state index contributed by atoms with van der Waals surface area (Å²) in [6.07, 6.45) is 4.28. The van der Waals surface area contributed by atoms with Crippen LogP contribution in [0.4, 0.5) is 0 Å². The van der Waals surface area contributed by atoms with E-state index in [0.717, 1.165) is 0 Å². The number of hydrogen-bond acceptors (Lipinski definition) is 0. The summed E-state index contributed by atoms with van der Waals surface area (Å²) in [6.45, 7) is 4.38. The second-order valence-electron chi connectivity index (χ2n) is 7.04. The van der Waals surface area contributed by atoms with E-state index < -0.39 is 0 Å². The summed E-state index contributed by atoms with van der Waals surface area (Å²) < 4.78 is 4.42. The first-order valence-electron chi connectivity index (χ1n) is 9.00. The lowest BCUT2D eigenvalue weighted by atomic mass is 9.94. The maximum Gasteiger partial charge on any atom is 0.220 e. The number of rotatable bonds is 2. The van der Waals surface area contributed by atoms with E-state index in [2.05, 4.69) is 110 Å². The number of benzene rings is 2. The van der Waals surface area contributed by atoms with E-state index in [4.69, 9.17) is 0 Å². The number of fused-ring (bicyclic) bond motifs is 1. The normalized spacial score (nSPS) is 11.1. The average Bonchev–Trinajstić information content (AvgIpc) is 2.65. The van der Waals surface area contributed by atoms with Crippen LogP contribution >= 0.6 is 0 Å². The molecule has 0 amide bonds. The summed E-state index contributed by atoms with van der Waals surface area (Å²) in [7, 11) is 4.24. The number of hydrogen-bond donors (Lipinski definition) is 0. The highest BCUT2D eigenvalue weighted by Gasteiger charge is 2.21. The van der Waals surface area contributed by atoms with Gasteiger partial charge in [0, 0.05) is 23.8 Å². The van der Waals surface area contributed by atoms with E-state index in [9.17, 15) is 0 Å². The van der Waals surface area contributed by atoms with Crippen molar-refractivity contribution < 1.29 is 9.13 Å². The highest BCUT2D eigenvalue weighted by atomic mass is 14.9. The molecule has 0 unspecified atom stereocenters. The molecule has 128 valence electrons. The maximum atomic E-state index is 2.26. The number of pyridine rings is 2. The van der Waals surface area contributed by atoms with Crippen molar-refractivity contribution in [2.45, 2.75) is 13.8 Å². The molecule has 0 spiro atoms. The van der Waals surface area contributed by atoms with Crippen LogP contribution in [0.15, 0.2) is 73.1 Å². The first kappa shape index (κ1) is 16.5. The van der Waals surface area contributed by atoms with Gasteiger partial charge in [0.25, 0.3) is 0 Å². The van der Waals surface area contributed by atoms with Crippen molar-refractivity contribution in [2.24, 2.45) is 14.1 Å². The zero-order valence-corrected chi connectivity index (χ0v) is 15.8. The van der Waals surface area contributed by atoms with Crippen LogP contribution in [0.3, 0.4) is 0 Å². The van der Waals surface area contributed by atoms with E-state index in [-0.39, 0.29) is 0 Å². The molecule has 2 aromatic carbocycles. The third-order valence-electron chi connectivity index (χ3n) is 5.22. The van der Waals surface area contributed by atoms with Gasteiger partial charge >= 0.3 is 0 Å². The van der Waals surface area contributed by atoms with Gasteiger partial charge in [0.05, 0.1) is 10.9 Å². The topological polar surface area (TPSA) is 7.76 Å². The maximum absolute atomic E-state index is 2.26. The highest BCUT2D eigenvalue weighted by Crippen LogP contribution is 2.32. The molecule has 2 heterocycles. The van der Waals surface area contributed by atoms with E-state index in [1.165, 1.54) is 44.4 Å². The molecule has 0 aliphatic rings. The van der Waals surface area contributed by atoms with Crippen LogP contribution in [0.2, 0.25) is 0 Å². The van der Waals surface area contributed by atoms with Gasteiger partial charge in [-0.2, -0.15) is 0 Å². The lowest BCUT2D eigenvalue weighted by Crippen LogP contribution is -2.31. The van der Waals surface area contributed by atoms with Gasteiger partial charge in [-0.05, 0) is 48.6 Å². The van der Waals surface area contributed by atoms with Gasteiger partial charge < -0.3 is 0 Å². The molecule has 0 fully saturated rings. The third-order valence-corrected chi connectivity index (χ3v) is 5.22. The largest absolute Gasteiger partial charge is 0.220 e. The Balaban J connectivity index is 2.01. The minimum Gasteiger partial charge on any atom is -0.201 e. The number of aryl methyl sites for hydroxylation is 3. The smallest absolute Gasteiger partial charge is 0.201 e. The fraction of sp³-hybridized carbons (Fsp3) is 0.167. The summed E-state index contributed by atoms with van der Waals surface area (Å²) in [5, 5.41) is 2.55. The van der Waals surface area contributed by atoms with Crippen molar-refractivity contribution in [3.05, 3.63) is 84.2 Å². The zero-order valence-electron chi connectivity index (χ0n) is 15.8. The van der Waals surface area contributed by atoms with E-state index in [1.54, 1.807) is 0 Å². The van der Waals surface area contributed by atoms with Crippen molar-refractivity contribution in [2.75, 3.05) is 0 Å². The Kier molecular flexibility index (Phi) is 4.04. The Morgan fingerprint density at radius 3 is 2.27 bits per heavy atom. The number of nitrogens with zero attached hydrogens (tertiary/aromatic N) is 2. The SMILES string of the molecule is Cc1cc[n+](C)c(-c2cccc(-c3c4ccccc4cc[n+]3C)c2C)c1. The molecule has 2 aromatic heterocycles. The van der Waals surface area contributed by atoms with Gasteiger partial charge in [0.15, 0.2) is 12.4 Å². The first-order valence-corrected chi connectivity index (χ1v) is 9.00. The molecule has 0 N–H and O–H groups in total. The van der Waals surface area contributed by atoms with Gasteiger partial charge in [0.2, 0.25) is 11.4 Å². The van der Waals surface area contributed by atoms with Crippen LogP contribution in [0, 0.1) is 13.8 Å². The Morgan fingerprint density at radius 2 is 1.42 bits per heavy atom. The van der Waals surface area contributed by atoms with Gasteiger partial charge in [0.1, 0.15) is 14.1 Å². The van der Waals surface area contributed by atoms with Crippen molar-refractivity contribution in [3.63, 3.8) is 0 Å². The fourth-order valence-electron chi connectivity index (χ4n) is 3.76. The minimum absolute atomic E-state index is 1.24. The molecule has 2 nitrogen and oxygen atoms in total. The van der Waals surface area contributed by atoms with Crippen LogP contribution in [0.1, 0.15) is 11.1 Å². The molecule has 2 heteroatoms. The Morgan fingerprint density at radius 1 is 0.692 bits per heavy atom. The molecule has 0 radical (unpaired) electrons. The Hall–Kier alpha value is -3.00. The highest BCUT2D eigenvalue weighted by molar-refractivity contribution is 5.94. The minimum atomic E-state index is 1.24. The quantitative estimate of drug-likeness (QED) is 0.477. The van der Waals surface area contributed by atoms with Crippen LogP contribution in [-0.4, -0.2) is 0 Å². The zero-order chi connectivity index (χ0) is 18.3. The summed E-state index contributed by atoms with van der Waals surface area (Å²) in [4.78, 5) is 0. The van der Waals surface area contributed by atoms with Crippen molar-refractivity contribution in [1.29, 1.82) is 0 Å². The van der Waals surface area contributed by atoms with Gasteiger partial charge in [-0.1, -0.05) is 24.3 Å². The molecule has 4 rings (SSSR count). The van der Waals surface area contributed by atoms with E-state index in [0.29, 0.717) is 0 Å². The summed E-state index contributed by atoms with van der Waals surface area (Å²) in [6, 6.07) is 21.8. The first-order chi connectivity index (χ1) is 12.6. The average molecular weight is 340 g/mol. The van der Waals surface area contributed by atoms with Crippen molar-refractivity contribution in [1.82, 2.24) is 0 Å². The number of aromatic nitrogens is 2. The predicted molar refractivity (Wildman–Crippen MR) is 107 cm³/mol. The molecule has 0 bridgehead atoms. The van der Waals surface area contributed by atoms with Crippen LogP contribution in [-0.2, 0) is 14.1 Å². The van der Waals surface area contributed by atoms with E-state index >= 15 is 0 Å². The second-order valence-corrected chi connectivity index (χ2v) is 7.04. The lowest BCUT2D eigenvalue weighted by Gasteiger charge is -2.11. The Labute approximate surface area is 155 Å². The third kappa shape index (κ3) is 2.68. The molecule has 0 aliphatic carbocycles.